The smallest absolute Gasteiger partial charge is 0.336 e. The normalized spacial score (nSPS) is 10.3. The number of carboxylic acid groups (broad SMARTS) is 2. The van der Waals surface area contributed by atoms with Gasteiger partial charge in [0.15, 0.2) is 0 Å². The van der Waals surface area contributed by atoms with Gasteiger partial charge in [-0.2, -0.15) is 0 Å². The van der Waals surface area contributed by atoms with E-state index in [1.165, 1.54) is 0 Å². The SMILES string of the molecule is O=C(O)c1ccc(F)c(-c2ccc(F)cc2C(=O)O)c1. The third-order valence-corrected chi connectivity index (χ3v) is 2.72. The van der Waals surface area contributed by atoms with Gasteiger partial charge in [0.2, 0.25) is 0 Å². The summed E-state index contributed by atoms with van der Waals surface area (Å²) in [6.07, 6.45) is 0. The molecular weight excluding hydrogens is 270 g/mol. The Labute approximate surface area is 111 Å². The van der Waals surface area contributed by atoms with Gasteiger partial charge in [-0.1, -0.05) is 6.07 Å². The number of benzene rings is 2. The number of carboxylic acids is 2. The lowest BCUT2D eigenvalue weighted by Gasteiger charge is -2.08. The minimum absolute atomic E-state index is 0.0838. The summed E-state index contributed by atoms with van der Waals surface area (Å²) in [6, 6.07) is 5.83. The average Bonchev–Trinajstić information content (AvgIpc) is 2.39. The molecule has 6 heteroatoms. The molecule has 0 bridgehead atoms. The average molecular weight is 278 g/mol. The van der Waals surface area contributed by atoms with Crippen LogP contribution in [0.2, 0.25) is 0 Å². The van der Waals surface area contributed by atoms with E-state index in [1.54, 1.807) is 0 Å². The number of halogens is 2. The Morgan fingerprint density at radius 2 is 1.55 bits per heavy atom. The van der Waals surface area contributed by atoms with E-state index >= 15 is 0 Å². The van der Waals surface area contributed by atoms with E-state index in [4.69, 9.17) is 10.2 Å². The van der Waals surface area contributed by atoms with Crippen molar-refractivity contribution in [3.63, 3.8) is 0 Å². The Morgan fingerprint density at radius 3 is 2.15 bits per heavy atom. The van der Waals surface area contributed by atoms with Gasteiger partial charge in [-0.3, -0.25) is 0 Å². The summed E-state index contributed by atoms with van der Waals surface area (Å²) in [5, 5.41) is 17.9. The summed E-state index contributed by atoms with van der Waals surface area (Å²) in [4.78, 5) is 21.9. The van der Waals surface area contributed by atoms with Crippen molar-refractivity contribution in [3.05, 3.63) is 59.2 Å². The van der Waals surface area contributed by atoms with Crippen LogP contribution >= 0.6 is 0 Å². The van der Waals surface area contributed by atoms with Crippen LogP contribution in [0.1, 0.15) is 20.7 Å². The number of carbonyl (C=O) groups is 2. The van der Waals surface area contributed by atoms with Crippen molar-refractivity contribution in [1.82, 2.24) is 0 Å². The first-order chi connectivity index (χ1) is 9.40. The molecule has 0 saturated heterocycles. The first kappa shape index (κ1) is 13.7. The van der Waals surface area contributed by atoms with Crippen LogP contribution < -0.4 is 0 Å². The highest BCUT2D eigenvalue weighted by Gasteiger charge is 2.17. The molecule has 0 aromatic heterocycles. The van der Waals surface area contributed by atoms with Crippen LogP contribution in [0.5, 0.6) is 0 Å². The molecule has 0 unspecified atom stereocenters. The Morgan fingerprint density at radius 1 is 0.850 bits per heavy atom. The van der Waals surface area contributed by atoms with Crippen molar-refractivity contribution >= 4 is 11.9 Å². The maximum Gasteiger partial charge on any atom is 0.336 e. The molecule has 0 aliphatic carbocycles. The summed E-state index contributed by atoms with van der Waals surface area (Å²) >= 11 is 0. The molecule has 0 spiro atoms. The molecule has 0 aliphatic heterocycles. The fourth-order valence-electron chi connectivity index (χ4n) is 1.79. The molecule has 2 rings (SSSR count). The van der Waals surface area contributed by atoms with Gasteiger partial charge in [0.25, 0.3) is 0 Å². The quantitative estimate of drug-likeness (QED) is 0.905. The minimum atomic E-state index is -1.43. The molecule has 2 aromatic carbocycles. The number of aromatic carboxylic acids is 2. The molecule has 0 fully saturated rings. The minimum Gasteiger partial charge on any atom is -0.478 e. The Hall–Kier alpha value is -2.76. The van der Waals surface area contributed by atoms with Gasteiger partial charge in [0.05, 0.1) is 11.1 Å². The summed E-state index contributed by atoms with van der Waals surface area (Å²) in [5.74, 6) is -4.27. The van der Waals surface area contributed by atoms with E-state index in [0.717, 1.165) is 36.4 Å². The number of hydrogen-bond donors (Lipinski definition) is 2. The summed E-state index contributed by atoms with van der Waals surface area (Å²) in [6.45, 7) is 0. The van der Waals surface area contributed by atoms with E-state index in [-0.39, 0.29) is 16.7 Å². The van der Waals surface area contributed by atoms with Gasteiger partial charge in [0.1, 0.15) is 11.6 Å². The molecule has 2 N–H and O–H groups in total. The fraction of sp³-hybridized carbons (Fsp3) is 0. The van der Waals surface area contributed by atoms with Crippen molar-refractivity contribution in [2.45, 2.75) is 0 Å². The third kappa shape index (κ3) is 2.49. The zero-order chi connectivity index (χ0) is 14.9. The van der Waals surface area contributed by atoms with E-state index in [9.17, 15) is 18.4 Å². The van der Waals surface area contributed by atoms with E-state index in [2.05, 4.69) is 0 Å². The molecule has 2 aromatic rings. The van der Waals surface area contributed by atoms with Crippen LogP contribution in [0.15, 0.2) is 36.4 Å². The second kappa shape index (κ2) is 5.08. The summed E-state index contributed by atoms with van der Waals surface area (Å²) < 4.78 is 26.9. The monoisotopic (exact) mass is 278 g/mol. The molecule has 0 amide bonds. The van der Waals surface area contributed by atoms with Crippen LogP contribution in [0.3, 0.4) is 0 Å². The van der Waals surface area contributed by atoms with Crippen LogP contribution in [0.4, 0.5) is 8.78 Å². The molecule has 0 aliphatic rings. The van der Waals surface area contributed by atoms with Gasteiger partial charge in [0, 0.05) is 5.56 Å². The molecular formula is C14H8F2O4. The van der Waals surface area contributed by atoms with Gasteiger partial charge < -0.3 is 10.2 Å². The van der Waals surface area contributed by atoms with E-state index in [0.29, 0.717) is 0 Å². The third-order valence-electron chi connectivity index (χ3n) is 2.72. The maximum absolute atomic E-state index is 13.8. The van der Waals surface area contributed by atoms with Gasteiger partial charge >= 0.3 is 11.9 Å². The zero-order valence-electron chi connectivity index (χ0n) is 9.93. The van der Waals surface area contributed by atoms with Crippen molar-refractivity contribution in [3.8, 4) is 11.1 Å². The predicted molar refractivity (Wildman–Crippen MR) is 65.7 cm³/mol. The van der Waals surface area contributed by atoms with E-state index < -0.39 is 29.1 Å². The first-order valence-corrected chi connectivity index (χ1v) is 5.46. The molecule has 20 heavy (non-hydrogen) atoms. The molecule has 4 nitrogen and oxygen atoms in total. The zero-order valence-corrected chi connectivity index (χ0v) is 9.93. The topological polar surface area (TPSA) is 74.6 Å². The van der Waals surface area contributed by atoms with Crippen LogP contribution in [0, 0.1) is 11.6 Å². The summed E-state index contributed by atoms with van der Waals surface area (Å²) in [5.41, 5.74) is -0.921. The van der Waals surface area contributed by atoms with Gasteiger partial charge in [-0.05, 0) is 35.9 Å². The van der Waals surface area contributed by atoms with Gasteiger partial charge in [-0.25, -0.2) is 18.4 Å². The fourth-order valence-corrected chi connectivity index (χ4v) is 1.79. The molecule has 102 valence electrons. The summed E-state index contributed by atoms with van der Waals surface area (Å²) in [7, 11) is 0. The van der Waals surface area contributed by atoms with Gasteiger partial charge in [-0.15, -0.1) is 0 Å². The Balaban J connectivity index is 2.71. The number of rotatable bonds is 3. The maximum atomic E-state index is 13.8. The molecule has 0 atom stereocenters. The van der Waals surface area contributed by atoms with Crippen LogP contribution in [0.25, 0.3) is 11.1 Å². The van der Waals surface area contributed by atoms with E-state index in [1.807, 2.05) is 0 Å². The van der Waals surface area contributed by atoms with Crippen molar-refractivity contribution in [2.24, 2.45) is 0 Å². The Bertz CT molecular complexity index is 710. The van der Waals surface area contributed by atoms with Crippen LogP contribution in [-0.2, 0) is 0 Å². The second-order valence-corrected chi connectivity index (χ2v) is 3.99. The highest BCUT2D eigenvalue weighted by Crippen LogP contribution is 2.28. The molecule has 0 saturated carbocycles. The lowest BCUT2D eigenvalue weighted by molar-refractivity contribution is 0.0687. The number of hydrogen-bond acceptors (Lipinski definition) is 2. The molecule has 0 radical (unpaired) electrons. The highest BCUT2D eigenvalue weighted by atomic mass is 19.1. The standard InChI is InChI=1S/C14H8F2O4/c15-8-2-3-9(11(6-8)14(19)20)10-5-7(13(17)18)1-4-12(10)16/h1-6H,(H,17,18)(H,19,20). The second-order valence-electron chi connectivity index (χ2n) is 3.99. The van der Waals surface area contributed by atoms with Crippen molar-refractivity contribution in [2.75, 3.05) is 0 Å². The van der Waals surface area contributed by atoms with Crippen molar-refractivity contribution < 1.29 is 28.6 Å². The first-order valence-electron chi connectivity index (χ1n) is 5.46. The van der Waals surface area contributed by atoms with Crippen molar-refractivity contribution in [1.29, 1.82) is 0 Å². The van der Waals surface area contributed by atoms with Crippen LogP contribution in [-0.4, -0.2) is 22.2 Å². The predicted octanol–water partition coefficient (Wildman–Crippen LogP) is 3.03. The highest BCUT2D eigenvalue weighted by molar-refractivity contribution is 5.97. The molecule has 0 heterocycles. The lowest BCUT2D eigenvalue weighted by Crippen LogP contribution is -2.03. The lowest BCUT2D eigenvalue weighted by atomic mass is 9.97. The largest absolute Gasteiger partial charge is 0.478 e. The Kier molecular flexibility index (Phi) is 3.47.